The molecule has 0 aliphatic carbocycles. The number of benzene rings is 2. The van der Waals surface area contributed by atoms with Crippen molar-refractivity contribution in [2.45, 2.75) is 6.54 Å². The van der Waals surface area contributed by atoms with Crippen molar-refractivity contribution in [3.8, 4) is 22.4 Å². The lowest BCUT2D eigenvalue weighted by molar-refractivity contribution is 1.07. The smallest absolute Gasteiger partial charge is 0.138 e. The lowest BCUT2D eigenvalue weighted by Gasteiger charge is -2.07. The second-order valence-corrected chi connectivity index (χ2v) is 6.61. The molecule has 3 N–H and O–H groups in total. The van der Waals surface area contributed by atoms with E-state index in [0.717, 1.165) is 43.5 Å². The second kappa shape index (κ2) is 6.23. The number of rotatable bonds is 3. The Hall–Kier alpha value is -2.43. The maximum absolute atomic E-state index is 5.73. The third kappa shape index (κ3) is 2.64. The molecule has 24 heavy (non-hydrogen) atoms. The molecule has 4 aromatic rings. The predicted octanol–water partition coefficient (Wildman–Crippen LogP) is 5.12. The molecule has 3 nitrogen and oxygen atoms in total. The first-order chi connectivity index (χ1) is 11.8. The Balaban J connectivity index is 2.01. The van der Waals surface area contributed by atoms with E-state index in [1.54, 1.807) is 0 Å². The minimum Gasteiger partial charge on any atom is -0.339 e. The Kier molecular flexibility index (Phi) is 3.92. The van der Waals surface area contributed by atoms with Gasteiger partial charge in [0.25, 0.3) is 0 Å². The molecule has 0 unspecified atom stereocenters. The van der Waals surface area contributed by atoms with Crippen molar-refractivity contribution in [1.29, 1.82) is 0 Å². The van der Waals surface area contributed by atoms with Crippen LogP contribution in [0.25, 0.3) is 33.4 Å². The van der Waals surface area contributed by atoms with Gasteiger partial charge >= 0.3 is 0 Å². The number of pyridine rings is 1. The number of hydrogen-bond acceptors (Lipinski definition) is 2. The molecule has 0 aliphatic heterocycles. The summed E-state index contributed by atoms with van der Waals surface area (Å²) >= 11 is 3.53. The molecule has 0 amide bonds. The molecule has 4 heteroatoms. The molecular formula is C20H16BrN3. The average Bonchev–Trinajstić information content (AvgIpc) is 3.01. The number of nitrogens with zero attached hydrogens (tertiary/aromatic N) is 1. The van der Waals surface area contributed by atoms with Gasteiger partial charge in [-0.25, -0.2) is 4.98 Å². The van der Waals surface area contributed by atoms with Crippen LogP contribution in [-0.2, 0) is 6.54 Å². The first kappa shape index (κ1) is 15.1. The van der Waals surface area contributed by atoms with Gasteiger partial charge in [-0.05, 0) is 38.7 Å². The van der Waals surface area contributed by atoms with Crippen LogP contribution in [-0.4, -0.2) is 9.97 Å². The number of aromatic amines is 1. The molecule has 118 valence electrons. The number of nitrogens with one attached hydrogen (secondary N) is 1. The van der Waals surface area contributed by atoms with Gasteiger partial charge in [0.2, 0.25) is 0 Å². The molecule has 4 rings (SSSR count). The van der Waals surface area contributed by atoms with Crippen LogP contribution < -0.4 is 5.73 Å². The highest BCUT2D eigenvalue weighted by Crippen LogP contribution is 2.38. The summed E-state index contributed by atoms with van der Waals surface area (Å²) in [6.45, 7) is 0.548. The van der Waals surface area contributed by atoms with Crippen molar-refractivity contribution in [3.05, 3.63) is 76.9 Å². The van der Waals surface area contributed by atoms with Gasteiger partial charge in [-0.1, -0.05) is 54.6 Å². The summed E-state index contributed by atoms with van der Waals surface area (Å²) in [5.41, 5.74) is 12.3. The highest BCUT2D eigenvalue weighted by atomic mass is 79.9. The van der Waals surface area contributed by atoms with E-state index in [4.69, 9.17) is 5.73 Å². The van der Waals surface area contributed by atoms with Crippen LogP contribution >= 0.6 is 15.9 Å². The molecule has 0 fully saturated rings. The standard InChI is InChI=1S/C20H16BrN3/c21-16-10-17-18(14-8-6-13(11-22)7-9-14)19(24-20(17)23-12-16)15-4-2-1-3-5-15/h1-10,12H,11,22H2,(H,23,24). The van der Waals surface area contributed by atoms with E-state index in [0.29, 0.717) is 6.54 Å². The van der Waals surface area contributed by atoms with Crippen molar-refractivity contribution < 1.29 is 0 Å². The third-order valence-corrected chi connectivity index (χ3v) is 4.59. The number of halogens is 1. The van der Waals surface area contributed by atoms with Crippen LogP contribution in [0.5, 0.6) is 0 Å². The summed E-state index contributed by atoms with van der Waals surface area (Å²) in [7, 11) is 0. The van der Waals surface area contributed by atoms with Crippen LogP contribution in [0.1, 0.15) is 5.56 Å². The van der Waals surface area contributed by atoms with Gasteiger partial charge in [-0.15, -0.1) is 0 Å². The summed E-state index contributed by atoms with van der Waals surface area (Å²) in [4.78, 5) is 8.00. The molecule has 0 saturated heterocycles. The highest BCUT2D eigenvalue weighted by Gasteiger charge is 2.16. The number of nitrogens with two attached hydrogens (primary N) is 1. The fourth-order valence-electron chi connectivity index (χ4n) is 2.97. The van der Waals surface area contributed by atoms with Crippen LogP contribution in [0.3, 0.4) is 0 Å². The lowest BCUT2D eigenvalue weighted by Crippen LogP contribution is -1.95. The van der Waals surface area contributed by atoms with Gasteiger partial charge in [0.15, 0.2) is 0 Å². The molecule has 2 aromatic carbocycles. The van der Waals surface area contributed by atoms with E-state index in [1.165, 1.54) is 0 Å². The molecule has 0 spiro atoms. The van der Waals surface area contributed by atoms with Crippen molar-refractivity contribution in [2.24, 2.45) is 5.73 Å². The number of H-pyrrole nitrogens is 1. The van der Waals surface area contributed by atoms with Crippen molar-refractivity contribution in [2.75, 3.05) is 0 Å². The summed E-state index contributed by atoms with van der Waals surface area (Å²) in [6.07, 6.45) is 1.81. The first-order valence-corrected chi connectivity index (χ1v) is 8.57. The molecule has 0 atom stereocenters. The molecular weight excluding hydrogens is 362 g/mol. The number of hydrogen-bond donors (Lipinski definition) is 2. The Labute approximate surface area is 148 Å². The fourth-order valence-corrected chi connectivity index (χ4v) is 3.30. The first-order valence-electron chi connectivity index (χ1n) is 7.78. The lowest BCUT2D eigenvalue weighted by atomic mass is 9.98. The zero-order valence-electron chi connectivity index (χ0n) is 13.0. The molecule has 2 heterocycles. The maximum atomic E-state index is 5.73. The second-order valence-electron chi connectivity index (χ2n) is 5.69. The molecule has 0 aliphatic rings. The van der Waals surface area contributed by atoms with Gasteiger partial charge in [-0.3, -0.25) is 0 Å². The van der Waals surface area contributed by atoms with Crippen molar-refractivity contribution >= 4 is 27.0 Å². The Morgan fingerprint density at radius 3 is 2.42 bits per heavy atom. The van der Waals surface area contributed by atoms with Gasteiger partial charge in [-0.2, -0.15) is 0 Å². The van der Waals surface area contributed by atoms with Gasteiger partial charge in [0, 0.05) is 28.2 Å². The highest BCUT2D eigenvalue weighted by molar-refractivity contribution is 9.10. The van der Waals surface area contributed by atoms with Crippen molar-refractivity contribution in [1.82, 2.24) is 9.97 Å². The third-order valence-electron chi connectivity index (χ3n) is 4.16. The molecule has 0 saturated carbocycles. The number of aromatic nitrogens is 2. The van der Waals surface area contributed by atoms with Crippen LogP contribution in [0, 0.1) is 0 Å². The molecule has 2 aromatic heterocycles. The average molecular weight is 378 g/mol. The zero-order valence-corrected chi connectivity index (χ0v) is 14.5. The Bertz CT molecular complexity index is 989. The topological polar surface area (TPSA) is 54.7 Å². The predicted molar refractivity (Wildman–Crippen MR) is 103 cm³/mol. The summed E-state index contributed by atoms with van der Waals surface area (Å²) in [6, 6.07) is 20.8. The van der Waals surface area contributed by atoms with E-state index < -0.39 is 0 Å². The number of fused-ring (bicyclic) bond motifs is 1. The molecule has 0 bridgehead atoms. The van der Waals surface area contributed by atoms with E-state index in [1.807, 2.05) is 24.4 Å². The summed E-state index contributed by atoms with van der Waals surface area (Å²) < 4.78 is 0.966. The van der Waals surface area contributed by atoms with Gasteiger partial charge in [0.1, 0.15) is 5.65 Å². The van der Waals surface area contributed by atoms with Crippen LogP contribution in [0.2, 0.25) is 0 Å². The summed E-state index contributed by atoms with van der Waals surface area (Å²) in [5.74, 6) is 0. The summed E-state index contributed by atoms with van der Waals surface area (Å²) in [5, 5.41) is 1.10. The minimum atomic E-state index is 0.548. The largest absolute Gasteiger partial charge is 0.339 e. The Morgan fingerprint density at radius 2 is 1.71 bits per heavy atom. The van der Waals surface area contributed by atoms with Crippen LogP contribution in [0.15, 0.2) is 71.3 Å². The van der Waals surface area contributed by atoms with Gasteiger partial charge < -0.3 is 10.7 Å². The minimum absolute atomic E-state index is 0.548. The molecule has 0 radical (unpaired) electrons. The normalized spacial score (nSPS) is 11.1. The van der Waals surface area contributed by atoms with Gasteiger partial charge in [0.05, 0.1) is 5.69 Å². The van der Waals surface area contributed by atoms with E-state index in [-0.39, 0.29) is 0 Å². The van der Waals surface area contributed by atoms with E-state index >= 15 is 0 Å². The maximum Gasteiger partial charge on any atom is 0.138 e. The SMILES string of the molecule is NCc1ccc(-c2c(-c3ccccc3)[nH]c3ncc(Br)cc23)cc1. The van der Waals surface area contributed by atoms with Crippen LogP contribution in [0.4, 0.5) is 0 Å². The fraction of sp³-hybridized carbons (Fsp3) is 0.0500. The van der Waals surface area contributed by atoms with Crippen molar-refractivity contribution in [3.63, 3.8) is 0 Å². The zero-order chi connectivity index (χ0) is 16.5. The quantitative estimate of drug-likeness (QED) is 0.520. The van der Waals surface area contributed by atoms with E-state index in [9.17, 15) is 0 Å². The monoisotopic (exact) mass is 377 g/mol. The Morgan fingerprint density at radius 1 is 0.958 bits per heavy atom. The van der Waals surface area contributed by atoms with E-state index in [2.05, 4.69) is 68.4 Å².